The van der Waals surface area contributed by atoms with Gasteiger partial charge in [0.15, 0.2) is 0 Å². The summed E-state index contributed by atoms with van der Waals surface area (Å²) in [5.74, 6) is 0.656. The molecule has 0 unspecified atom stereocenters. The van der Waals surface area contributed by atoms with E-state index < -0.39 is 0 Å². The van der Waals surface area contributed by atoms with Crippen molar-refractivity contribution in [2.75, 3.05) is 11.1 Å². The number of amides is 1. The van der Waals surface area contributed by atoms with Crippen LogP contribution in [-0.2, 0) is 0 Å². The number of nitrogens with one attached hydrogen (secondary N) is 1. The minimum absolute atomic E-state index is 0.243. The molecule has 1 aromatic carbocycles. The Morgan fingerprint density at radius 1 is 1.40 bits per heavy atom. The molecule has 0 fully saturated rings. The van der Waals surface area contributed by atoms with Crippen LogP contribution in [0.15, 0.2) is 47.6 Å². The maximum Gasteiger partial charge on any atom is 0.255 e. The van der Waals surface area contributed by atoms with Crippen LogP contribution in [0.5, 0.6) is 0 Å². The van der Waals surface area contributed by atoms with Gasteiger partial charge in [-0.1, -0.05) is 19.1 Å². The quantitative estimate of drug-likeness (QED) is 0.874. The Hall–Kier alpha value is -2.32. The standard InChI is InChI=1S/C15H13N3OS/c1-2-20-14-9-11(7-8-17-14)15(19)18-13-6-4-3-5-12(13)10-16/h3-9H,2H2,1H3,(H,18,19). The zero-order chi connectivity index (χ0) is 14.4. The number of nitriles is 1. The molecule has 100 valence electrons. The first-order valence-corrected chi connectivity index (χ1v) is 7.12. The van der Waals surface area contributed by atoms with Crippen LogP contribution in [-0.4, -0.2) is 16.6 Å². The van der Waals surface area contributed by atoms with Gasteiger partial charge in [0.2, 0.25) is 0 Å². The summed E-state index contributed by atoms with van der Waals surface area (Å²) >= 11 is 1.58. The number of anilines is 1. The fourth-order valence-electron chi connectivity index (χ4n) is 1.66. The molecule has 0 saturated carbocycles. The molecule has 1 N–H and O–H groups in total. The normalized spacial score (nSPS) is 9.80. The average Bonchev–Trinajstić information content (AvgIpc) is 2.48. The van der Waals surface area contributed by atoms with Gasteiger partial charge in [0.1, 0.15) is 6.07 Å². The van der Waals surface area contributed by atoms with Crippen LogP contribution < -0.4 is 5.32 Å². The molecule has 0 aliphatic heterocycles. The van der Waals surface area contributed by atoms with E-state index in [1.807, 2.05) is 6.92 Å². The van der Waals surface area contributed by atoms with Crippen molar-refractivity contribution in [1.82, 2.24) is 4.98 Å². The first-order valence-electron chi connectivity index (χ1n) is 6.14. The molecule has 5 heteroatoms. The van der Waals surface area contributed by atoms with Crippen LogP contribution in [0.1, 0.15) is 22.8 Å². The molecule has 1 amide bonds. The van der Waals surface area contributed by atoms with Crippen molar-refractivity contribution in [3.8, 4) is 6.07 Å². The number of carbonyl (C=O) groups is 1. The number of aromatic nitrogens is 1. The largest absolute Gasteiger partial charge is 0.321 e. The van der Waals surface area contributed by atoms with E-state index in [-0.39, 0.29) is 5.91 Å². The summed E-state index contributed by atoms with van der Waals surface area (Å²) in [6.07, 6.45) is 1.61. The lowest BCUT2D eigenvalue weighted by Gasteiger charge is -2.07. The van der Waals surface area contributed by atoms with Gasteiger partial charge in [0.25, 0.3) is 5.91 Å². The Kier molecular flexibility index (Phi) is 4.75. The Labute approximate surface area is 121 Å². The van der Waals surface area contributed by atoms with E-state index in [0.717, 1.165) is 10.8 Å². The van der Waals surface area contributed by atoms with Crippen molar-refractivity contribution in [3.05, 3.63) is 53.7 Å². The predicted molar refractivity (Wildman–Crippen MR) is 79.7 cm³/mol. The predicted octanol–water partition coefficient (Wildman–Crippen LogP) is 3.32. The van der Waals surface area contributed by atoms with Crippen molar-refractivity contribution >= 4 is 23.4 Å². The molecule has 0 saturated heterocycles. The highest BCUT2D eigenvalue weighted by atomic mass is 32.2. The number of thioether (sulfide) groups is 1. The minimum atomic E-state index is -0.243. The van der Waals surface area contributed by atoms with Gasteiger partial charge >= 0.3 is 0 Å². The van der Waals surface area contributed by atoms with E-state index in [9.17, 15) is 4.79 Å². The number of para-hydroxylation sites is 1. The maximum atomic E-state index is 12.2. The van der Waals surface area contributed by atoms with Gasteiger partial charge in [-0.2, -0.15) is 5.26 Å². The van der Waals surface area contributed by atoms with Crippen molar-refractivity contribution in [2.45, 2.75) is 11.9 Å². The molecule has 2 aromatic rings. The van der Waals surface area contributed by atoms with E-state index in [4.69, 9.17) is 5.26 Å². The smallest absolute Gasteiger partial charge is 0.255 e. The second kappa shape index (κ2) is 6.73. The monoisotopic (exact) mass is 283 g/mol. The van der Waals surface area contributed by atoms with E-state index >= 15 is 0 Å². The lowest BCUT2D eigenvalue weighted by molar-refractivity contribution is 0.102. The molecule has 0 bridgehead atoms. The number of carbonyl (C=O) groups excluding carboxylic acids is 1. The Bertz CT molecular complexity index is 664. The zero-order valence-electron chi connectivity index (χ0n) is 11.0. The third-order valence-electron chi connectivity index (χ3n) is 2.58. The Balaban J connectivity index is 2.20. The number of benzene rings is 1. The van der Waals surface area contributed by atoms with E-state index in [0.29, 0.717) is 16.8 Å². The summed E-state index contributed by atoms with van der Waals surface area (Å²) < 4.78 is 0. The van der Waals surface area contributed by atoms with E-state index in [1.54, 1.807) is 54.4 Å². The lowest BCUT2D eigenvalue weighted by Crippen LogP contribution is -2.13. The van der Waals surface area contributed by atoms with Crippen molar-refractivity contribution in [1.29, 1.82) is 5.26 Å². The second-order valence-corrected chi connectivity index (χ2v) is 5.21. The number of rotatable bonds is 4. The highest BCUT2D eigenvalue weighted by molar-refractivity contribution is 7.99. The highest BCUT2D eigenvalue weighted by Gasteiger charge is 2.09. The van der Waals surface area contributed by atoms with E-state index in [2.05, 4.69) is 16.4 Å². The third-order valence-corrected chi connectivity index (χ3v) is 3.39. The zero-order valence-corrected chi connectivity index (χ0v) is 11.8. The minimum Gasteiger partial charge on any atom is -0.321 e. The fraction of sp³-hybridized carbons (Fsp3) is 0.133. The topological polar surface area (TPSA) is 65.8 Å². The molecule has 4 nitrogen and oxygen atoms in total. The van der Waals surface area contributed by atoms with Crippen LogP contribution >= 0.6 is 11.8 Å². The van der Waals surface area contributed by atoms with Crippen molar-refractivity contribution < 1.29 is 4.79 Å². The van der Waals surface area contributed by atoms with E-state index in [1.165, 1.54) is 0 Å². The molecule has 0 radical (unpaired) electrons. The van der Waals surface area contributed by atoms with Crippen LogP contribution in [0, 0.1) is 11.3 Å². The van der Waals surface area contributed by atoms with Crippen LogP contribution in [0.3, 0.4) is 0 Å². The molecule has 0 atom stereocenters. The second-order valence-electron chi connectivity index (χ2n) is 3.93. The number of pyridine rings is 1. The first kappa shape index (κ1) is 14.1. The van der Waals surface area contributed by atoms with Crippen molar-refractivity contribution in [2.24, 2.45) is 0 Å². The molecule has 1 aromatic heterocycles. The third kappa shape index (κ3) is 3.37. The summed E-state index contributed by atoms with van der Waals surface area (Å²) in [5.41, 5.74) is 1.49. The number of hydrogen-bond acceptors (Lipinski definition) is 4. The van der Waals surface area contributed by atoms with Gasteiger partial charge < -0.3 is 5.32 Å². The first-order chi connectivity index (χ1) is 9.74. The Morgan fingerprint density at radius 2 is 2.20 bits per heavy atom. The van der Waals surface area contributed by atoms with Gasteiger partial charge in [-0.25, -0.2) is 4.98 Å². The molecule has 0 aliphatic carbocycles. The average molecular weight is 283 g/mol. The molecule has 1 heterocycles. The summed E-state index contributed by atoms with van der Waals surface area (Å²) in [7, 11) is 0. The molecule has 20 heavy (non-hydrogen) atoms. The number of nitrogens with zero attached hydrogens (tertiary/aromatic N) is 2. The van der Waals surface area contributed by atoms with Crippen LogP contribution in [0.25, 0.3) is 0 Å². The lowest BCUT2D eigenvalue weighted by atomic mass is 10.2. The molecular formula is C15H13N3OS. The van der Waals surface area contributed by atoms with Crippen LogP contribution in [0.2, 0.25) is 0 Å². The maximum absolute atomic E-state index is 12.2. The summed E-state index contributed by atoms with van der Waals surface area (Å²) in [4.78, 5) is 16.4. The fourth-order valence-corrected chi connectivity index (χ4v) is 2.30. The summed E-state index contributed by atoms with van der Waals surface area (Å²) in [6, 6.07) is 12.4. The van der Waals surface area contributed by atoms with Gasteiger partial charge in [0.05, 0.1) is 16.3 Å². The molecule has 0 aliphatic rings. The SMILES string of the molecule is CCSc1cc(C(=O)Nc2ccccc2C#N)ccn1. The van der Waals surface area contributed by atoms with Gasteiger partial charge in [0, 0.05) is 11.8 Å². The molecular weight excluding hydrogens is 270 g/mol. The van der Waals surface area contributed by atoms with Crippen LogP contribution in [0.4, 0.5) is 5.69 Å². The Morgan fingerprint density at radius 3 is 2.95 bits per heavy atom. The van der Waals surface area contributed by atoms with Crippen molar-refractivity contribution in [3.63, 3.8) is 0 Å². The van der Waals surface area contributed by atoms with Gasteiger partial charge in [-0.3, -0.25) is 4.79 Å². The highest BCUT2D eigenvalue weighted by Crippen LogP contribution is 2.18. The van der Waals surface area contributed by atoms with Gasteiger partial charge in [-0.05, 0) is 30.0 Å². The molecule has 0 spiro atoms. The van der Waals surface area contributed by atoms with Gasteiger partial charge in [-0.15, -0.1) is 11.8 Å². The summed E-state index contributed by atoms with van der Waals surface area (Å²) in [5, 5.41) is 12.6. The number of hydrogen-bond donors (Lipinski definition) is 1. The molecule has 2 rings (SSSR count). The summed E-state index contributed by atoms with van der Waals surface area (Å²) in [6.45, 7) is 2.03.